The van der Waals surface area contributed by atoms with E-state index in [-0.39, 0.29) is 16.9 Å². The standard InChI is InChI=1S/C23H12Cl3N3O/c24-17-5-1-14(2-6-17)16-4-10-22(30)29(13-16)23-15(12-27)3-9-21(28-23)19-8-7-18(25)11-20(19)26/h1-11,13H. The van der Waals surface area contributed by atoms with Gasteiger partial charge >= 0.3 is 0 Å². The van der Waals surface area contributed by atoms with Crippen molar-refractivity contribution >= 4 is 34.8 Å². The zero-order chi connectivity index (χ0) is 21.3. The van der Waals surface area contributed by atoms with Crippen LogP contribution in [-0.4, -0.2) is 9.55 Å². The molecule has 0 atom stereocenters. The predicted octanol–water partition coefficient (Wildman–Crippen LogP) is 6.40. The monoisotopic (exact) mass is 451 g/mol. The van der Waals surface area contributed by atoms with Crippen molar-refractivity contribution in [3.05, 3.63) is 104 Å². The molecule has 0 radical (unpaired) electrons. The van der Waals surface area contributed by atoms with Crippen LogP contribution in [0.1, 0.15) is 5.56 Å². The van der Waals surface area contributed by atoms with Crippen molar-refractivity contribution in [3.8, 4) is 34.3 Å². The van der Waals surface area contributed by atoms with E-state index in [0.717, 1.165) is 11.1 Å². The molecule has 0 spiro atoms. The highest BCUT2D eigenvalue weighted by Gasteiger charge is 2.14. The lowest BCUT2D eigenvalue weighted by molar-refractivity contribution is 0.939. The van der Waals surface area contributed by atoms with Gasteiger partial charge in [-0.25, -0.2) is 4.98 Å². The number of hydrogen-bond acceptors (Lipinski definition) is 3. The summed E-state index contributed by atoms with van der Waals surface area (Å²) >= 11 is 18.3. The van der Waals surface area contributed by atoms with Gasteiger partial charge < -0.3 is 0 Å². The first kappa shape index (κ1) is 20.2. The number of nitriles is 1. The number of aromatic nitrogens is 2. The van der Waals surface area contributed by atoms with E-state index in [1.807, 2.05) is 12.1 Å². The molecule has 2 heterocycles. The summed E-state index contributed by atoms with van der Waals surface area (Å²) in [7, 11) is 0. The van der Waals surface area contributed by atoms with Gasteiger partial charge in [-0.1, -0.05) is 46.9 Å². The number of rotatable bonds is 3. The fourth-order valence-corrected chi connectivity index (χ4v) is 3.66. The summed E-state index contributed by atoms with van der Waals surface area (Å²) < 4.78 is 1.36. The molecular weight excluding hydrogens is 441 g/mol. The second kappa shape index (κ2) is 8.33. The van der Waals surface area contributed by atoms with Gasteiger partial charge in [-0.2, -0.15) is 5.26 Å². The number of halogens is 3. The maximum absolute atomic E-state index is 12.6. The minimum absolute atomic E-state index is 0.224. The number of nitrogens with zero attached hydrogens (tertiary/aromatic N) is 3. The predicted molar refractivity (Wildman–Crippen MR) is 120 cm³/mol. The van der Waals surface area contributed by atoms with Crippen molar-refractivity contribution in [1.82, 2.24) is 9.55 Å². The average Bonchev–Trinajstić information content (AvgIpc) is 2.74. The average molecular weight is 453 g/mol. The van der Waals surface area contributed by atoms with Gasteiger partial charge in [0.15, 0.2) is 5.82 Å². The summed E-state index contributed by atoms with van der Waals surface area (Å²) in [5.41, 5.74) is 2.79. The third kappa shape index (κ3) is 3.96. The first-order chi connectivity index (χ1) is 14.5. The first-order valence-corrected chi connectivity index (χ1v) is 9.95. The lowest BCUT2D eigenvalue weighted by atomic mass is 10.1. The van der Waals surface area contributed by atoms with Crippen LogP contribution in [0.15, 0.2) is 77.7 Å². The molecule has 4 aromatic rings. The Morgan fingerprint density at radius 1 is 0.833 bits per heavy atom. The zero-order valence-electron chi connectivity index (χ0n) is 15.3. The SMILES string of the molecule is N#Cc1ccc(-c2ccc(Cl)cc2Cl)nc1-n1cc(-c2ccc(Cl)cc2)ccc1=O. The molecule has 30 heavy (non-hydrogen) atoms. The van der Waals surface area contributed by atoms with Crippen LogP contribution >= 0.6 is 34.8 Å². The number of benzene rings is 2. The number of hydrogen-bond donors (Lipinski definition) is 0. The van der Waals surface area contributed by atoms with E-state index in [0.29, 0.717) is 26.3 Å². The Hall–Kier alpha value is -3.10. The molecule has 2 aromatic heterocycles. The zero-order valence-corrected chi connectivity index (χ0v) is 17.6. The van der Waals surface area contributed by atoms with E-state index in [1.54, 1.807) is 54.7 Å². The molecule has 4 nitrogen and oxygen atoms in total. The van der Waals surface area contributed by atoms with E-state index in [9.17, 15) is 10.1 Å². The smallest absolute Gasteiger partial charge is 0.256 e. The van der Waals surface area contributed by atoms with Gasteiger partial charge in [0.25, 0.3) is 5.56 Å². The fourth-order valence-electron chi connectivity index (χ4n) is 3.03. The molecule has 0 aliphatic heterocycles. The number of pyridine rings is 2. The van der Waals surface area contributed by atoms with Gasteiger partial charge in [0, 0.05) is 27.9 Å². The van der Waals surface area contributed by atoms with Crippen LogP contribution in [0.5, 0.6) is 0 Å². The lowest BCUT2D eigenvalue weighted by Crippen LogP contribution is -2.19. The molecule has 7 heteroatoms. The van der Waals surface area contributed by atoms with Crippen LogP contribution in [-0.2, 0) is 0 Å². The highest BCUT2D eigenvalue weighted by atomic mass is 35.5. The summed E-state index contributed by atoms with van der Waals surface area (Å²) in [5.74, 6) is 0.224. The maximum atomic E-state index is 12.6. The Morgan fingerprint density at radius 2 is 1.53 bits per heavy atom. The Balaban J connectivity index is 1.89. The van der Waals surface area contributed by atoms with Gasteiger partial charge in [0.05, 0.1) is 16.3 Å². The molecule has 2 aromatic carbocycles. The summed E-state index contributed by atoms with van der Waals surface area (Å²) in [5, 5.41) is 11.1. The largest absolute Gasteiger partial charge is 0.269 e. The van der Waals surface area contributed by atoms with Crippen molar-refractivity contribution in [2.24, 2.45) is 0 Å². The lowest BCUT2D eigenvalue weighted by Gasteiger charge is -2.12. The molecule has 0 aliphatic rings. The van der Waals surface area contributed by atoms with Gasteiger partial charge in [-0.15, -0.1) is 0 Å². The summed E-state index contributed by atoms with van der Waals surface area (Å²) in [6.45, 7) is 0. The third-order valence-electron chi connectivity index (χ3n) is 4.52. The van der Waals surface area contributed by atoms with Crippen molar-refractivity contribution < 1.29 is 0 Å². The van der Waals surface area contributed by atoms with Gasteiger partial charge in [-0.05, 0) is 59.7 Å². The van der Waals surface area contributed by atoms with Crippen LogP contribution in [0.4, 0.5) is 0 Å². The molecule has 146 valence electrons. The molecule has 0 saturated carbocycles. The Bertz CT molecular complexity index is 1360. The van der Waals surface area contributed by atoms with Crippen molar-refractivity contribution in [3.63, 3.8) is 0 Å². The van der Waals surface area contributed by atoms with Crippen LogP contribution < -0.4 is 5.56 Å². The van der Waals surface area contributed by atoms with E-state index in [1.165, 1.54) is 10.6 Å². The van der Waals surface area contributed by atoms with Gasteiger partial charge in [-0.3, -0.25) is 9.36 Å². The molecule has 4 rings (SSSR count). The Kier molecular flexibility index (Phi) is 5.61. The molecule has 0 aliphatic carbocycles. The topological polar surface area (TPSA) is 58.7 Å². The summed E-state index contributed by atoms with van der Waals surface area (Å²) in [6, 6.07) is 20.9. The molecule has 0 unspecified atom stereocenters. The van der Waals surface area contributed by atoms with Crippen LogP contribution in [0, 0.1) is 11.3 Å². The second-order valence-corrected chi connectivity index (χ2v) is 7.72. The first-order valence-electron chi connectivity index (χ1n) is 8.82. The van der Waals surface area contributed by atoms with Crippen LogP contribution in [0.3, 0.4) is 0 Å². The van der Waals surface area contributed by atoms with E-state index in [4.69, 9.17) is 34.8 Å². The maximum Gasteiger partial charge on any atom is 0.256 e. The second-order valence-electron chi connectivity index (χ2n) is 6.44. The van der Waals surface area contributed by atoms with E-state index in [2.05, 4.69) is 11.1 Å². The van der Waals surface area contributed by atoms with Crippen LogP contribution in [0.25, 0.3) is 28.2 Å². The molecule has 0 amide bonds. The third-order valence-corrected chi connectivity index (χ3v) is 5.32. The molecule has 0 saturated heterocycles. The summed E-state index contributed by atoms with van der Waals surface area (Å²) in [4.78, 5) is 17.2. The van der Waals surface area contributed by atoms with Crippen molar-refractivity contribution in [2.75, 3.05) is 0 Å². The highest BCUT2D eigenvalue weighted by molar-refractivity contribution is 6.36. The van der Waals surface area contributed by atoms with Crippen molar-refractivity contribution in [2.45, 2.75) is 0 Å². The molecule has 0 bridgehead atoms. The molecular formula is C23H12Cl3N3O. The van der Waals surface area contributed by atoms with Gasteiger partial charge in [0.1, 0.15) is 6.07 Å². The van der Waals surface area contributed by atoms with Crippen LogP contribution in [0.2, 0.25) is 15.1 Å². The van der Waals surface area contributed by atoms with E-state index >= 15 is 0 Å². The van der Waals surface area contributed by atoms with Crippen molar-refractivity contribution in [1.29, 1.82) is 5.26 Å². The minimum atomic E-state index is -0.309. The highest BCUT2D eigenvalue weighted by Crippen LogP contribution is 2.30. The molecule has 0 fully saturated rings. The normalized spacial score (nSPS) is 10.6. The molecule has 0 N–H and O–H groups in total. The Labute approximate surface area is 187 Å². The van der Waals surface area contributed by atoms with E-state index < -0.39 is 0 Å². The fraction of sp³-hybridized carbons (Fsp3) is 0. The Morgan fingerprint density at radius 3 is 2.23 bits per heavy atom. The summed E-state index contributed by atoms with van der Waals surface area (Å²) in [6.07, 6.45) is 1.65. The quantitative estimate of drug-likeness (QED) is 0.361. The minimum Gasteiger partial charge on any atom is -0.269 e. The van der Waals surface area contributed by atoms with Gasteiger partial charge in [0.2, 0.25) is 0 Å².